The smallest absolute Gasteiger partial charge is 0.122 e. The summed E-state index contributed by atoms with van der Waals surface area (Å²) in [6.07, 6.45) is 3.38. The van der Waals surface area contributed by atoms with E-state index in [9.17, 15) is 0 Å². The predicted molar refractivity (Wildman–Crippen MR) is 73.7 cm³/mol. The monoisotopic (exact) mass is 235 g/mol. The number of hydrogen-bond acceptors (Lipinski definition) is 2. The lowest BCUT2D eigenvalue weighted by molar-refractivity contribution is 0.255. The second-order valence-corrected chi connectivity index (χ2v) is 4.32. The molecular weight excluding hydrogens is 210 g/mol. The van der Waals surface area contributed by atoms with E-state index in [1.807, 2.05) is 6.07 Å². The van der Waals surface area contributed by atoms with Gasteiger partial charge in [0, 0.05) is 6.04 Å². The van der Waals surface area contributed by atoms with E-state index in [4.69, 9.17) is 4.74 Å². The molecule has 0 amide bonds. The van der Waals surface area contributed by atoms with Crippen LogP contribution in [0.3, 0.4) is 0 Å². The summed E-state index contributed by atoms with van der Waals surface area (Å²) in [5.74, 6) is 1.04. The SMILES string of the molecule is CCCC(COc1ccccc1CC)NCC. The molecule has 0 heterocycles. The molecule has 1 N–H and O–H groups in total. The summed E-state index contributed by atoms with van der Waals surface area (Å²) in [4.78, 5) is 0. The van der Waals surface area contributed by atoms with Crippen molar-refractivity contribution in [3.05, 3.63) is 29.8 Å². The van der Waals surface area contributed by atoms with Gasteiger partial charge in [0.1, 0.15) is 12.4 Å². The van der Waals surface area contributed by atoms with Crippen LogP contribution >= 0.6 is 0 Å². The maximum atomic E-state index is 5.93. The van der Waals surface area contributed by atoms with Crippen LogP contribution in [0.5, 0.6) is 5.75 Å². The topological polar surface area (TPSA) is 21.3 Å². The third kappa shape index (κ3) is 4.78. The van der Waals surface area contributed by atoms with Crippen molar-refractivity contribution in [2.24, 2.45) is 0 Å². The number of rotatable bonds is 8. The molecule has 0 saturated heterocycles. The van der Waals surface area contributed by atoms with Crippen LogP contribution in [0.4, 0.5) is 0 Å². The van der Waals surface area contributed by atoms with Crippen molar-refractivity contribution in [2.45, 2.75) is 46.1 Å². The molecule has 96 valence electrons. The van der Waals surface area contributed by atoms with Crippen molar-refractivity contribution in [2.75, 3.05) is 13.2 Å². The van der Waals surface area contributed by atoms with Gasteiger partial charge in [-0.3, -0.25) is 0 Å². The molecule has 1 atom stereocenters. The molecule has 1 unspecified atom stereocenters. The number of benzene rings is 1. The maximum absolute atomic E-state index is 5.93. The van der Waals surface area contributed by atoms with Crippen LogP contribution in [0.2, 0.25) is 0 Å². The predicted octanol–water partition coefficient (Wildman–Crippen LogP) is 3.41. The summed E-state index contributed by atoms with van der Waals surface area (Å²) in [5.41, 5.74) is 1.29. The lowest BCUT2D eigenvalue weighted by Gasteiger charge is -2.19. The number of nitrogens with one attached hydrogen (secondary N) is 1. The Labute approximate surface area is 105 Å². The number of aryl methyl sites for hydroxylation is 1. The van der Waals surface area contributed by atoms with Gasteiger partial charge in [0.05, 0.1) is 0 Å². The summed E-state index contributed by atoms with van der Waals surface area (Å²) < 4.78 is 5.93. The minimum atomic E-state index is 0.468. The number of likely N-dealkylation sites (N-methyl/N-ethyl adjacent to an activating group) is 1. The van der Waals surface area contributed by atoms with E-state index in [1.54, 1.807) is 0 Å². The molecule has 0 bridgehead atoms. The molecular formula is C15H25NO. The molecule has 0 aliphatic carbocycles. The standard InChI is InChI=1S/C15H25NO/c1-4-9-14(16-6-3)12-17-15-11-8-7-10-13(15)5-2/h7-8,10-11,14,16H,4-6,9,12H2,1-3H3. The molecule has 2 heteroatoms. The average molecular weight is 235 g/mol. The summed E-state index contributed by atoms with van der Waals surface area (Å²) in [5, 5.41) is 3.47. The summed E-state index contributed by atoms with van der Waals surface area (Å²) >= 11 is 0. The van der Waals surface area contributed by atoms with Crippen molar-refractivity contribution in [3.63, 3.8) is 0 Å². The van der Waals surface area contributed by atoms with Gasteiger partial charge in [-0.25, -0.2) is 0 Å². The van der Waals surface area contributed by atoms with Gasteiger partial charge >= 0.3 is 0 Å². The molecule has 17 heavy (non-hydrogen) atoms. The van der Waals surface area contributed by atoms with E-state index in [1.165, 1.54) is 18.4 Å². The first-order valence-corrected chi connectivity index (χ1v) is 6.75. The summed E-state index contributed by atoms with van der Waals surface area (Å²) in [7, 11) is 0. The van der Waals surface area contributed by atoms with Crippen molar-refractivity contribution in [3.8, 4) is 5.75 Å². The Morgan fingerprint density at radius 1 is 1.18 bits per heavy atom. The van der Waals surface area contributed by atoms with Gasteiger partial charge in [-0.05, 0) is 31.0 Å². The zero-order valence-corrected chi connectivity index (χ0v) is 11.3. The normalized spacial score (nSPS) is 12.4. The molecule has 0 aromatic heterocycles. The van der Waals surface area contributed by atoms with Crippen molar-refractivity contribution in [1.29, 1.82) is 0 Å². The van der Waals surface area contributed by atoms with Crippen LogP contribution in [-0.4, -0.2) is 19.2 Å². The van der Waals surface area contributed by atoms with Crippen LogP contribution in [0.15, 0.2) is 24.3 Å². The van der Waals surface area contributed by atoms with E-state index in [0.717, 1.165) is 25.3 Å². The van der Waals surface area contributed by atoms with Crippen LogP contribution < -0.4 is 10.1 Å². The Morgan fingerprint density at radius 3 is 2.59 bits per heavy atom. The molecule has 0 fully saturated rings. The first-order valence-electron chi connectivity index (χ1n) is 6.75. The summed E-state index contributed by atoms with van der Waals surface area (Å²) in [6, 6.07) is 8.77. The van der Waals surface area contributed by atoms with Crippen molar-refractivity contribution >= 4 is 0 Å². The van der Waals surface area contributed by atoms with E-state index >= 15 is 0 Å². The number of ether oxygens (including phenoxy) is 1. The minimum Gasteiger partial charge on any atom is -0.492 e. The molecule has 1 rings (SSSR count). The minimum absolute atomic E-state index is 0.468. The second kappa shape index (κ2) is 8.13. The van der Waals surface area contributed by atoms with Gasteiger partial charge < -0.3 is 10.1 Å². The lowest BCUT2D eigenvalue weighted by atomic mass is 10.1. The first-order chi connectivity index (χ1) is 8.31. The molecule has 0 radical (unpaired) electrons. The van der Waals surface area contributed by atoms with Crippen molar-refractivity contribution < 1.29 is 4.74 Å². The fourth-order valence-corrected chi connectivity index (χ4v) is 2.01. The highest BCUT2D eigenvalue weighted by atomic mass is 16.5. The molecule has 1 aromatic rings. The number of para-hydroxylation sites is 1. The highest BCUT2D eigenvalue weighted by molar-refractivity contribution is 5.33. The van der Waals surface area contributed by atoms with E-state index < -0.39 is 0 Å². The zero-order valence-electron chi connectivity index (χ0n) is 11.3. The third-order valence-corrected chi connectivity index (χ3v) is 2.92. The Hall–Kier alpha value is -1.02. The first kappa shape index (κ1) is 14.0. The summed E-state index contributed by atoms with van der Waals surface area (Å²) in [6.45, 7) is 8.28. The molecule has 2 nitrogen and oxygen atoms in total. The van der Waals surface area contributed by atoms with Crippen LogP contribution in [0, 0.1) is 0 Å². The molecule has 0 aliphatic rings. The molecule has 0 saturated carbocycles. The highest BCUT2D eigenvalue weighted by Crippen LogP contribution is 2.18. The van der Waals surface area contributed by atoms with Gasteiger partial charge in [0.15, 0.2) is 0 Å². The van der Waals surface area contributed by atoms with Crippen molar-refractivity contribution in [1.82, 2.24) is 5.32 Å². The fraction of sp³-hybridized carbons (Fsp3) is 0.600. The largest absolute Gasteiger partial charge is 0.492 e. The molecule has 1 aromatic carbocycles. The average Bonchev–Trinajstić information content (AvgIpc) is 2.37. The fourth-order valence-electron chi connectivity index (χ4n) is 2.01. The van der Waals surface area contributed by atoms with Gasteiger partial charge in [0.2, 0.25) is 0 Å². The lowest BCUT2D eigenvalue weighted by Crippen LogP contribution is -2.34. The third-order valence-electron chi connectivity index (χ3n) is 2.92. The van der Waals surface area contributed by atoms with E-state index in [-0.39, 0.29) is 0 Å². The van der Waals surface area contributed by atoms with Crippen LogP contribution in [0.25, 0.3) is 0 Å². The Bertz CT molecular complexity index is 306. The van der Waals surface area contributed by atoms with Crippen LogP contribution in [0.1, 0.15) is 39.2 Å². The molecule has 0 aliphatic heterocycles. The maximum Gasteiger partial charge on any atom is 0.122 e. The van der Waals surface area contributed by atoms with E-state index in [0.29, 0.717) is 6.04 Å². The second-order valence-electron chi connectivity index (χ2n) is 4.32. The van der Waals surface area contributed by atoms with Gasteiger partial charge in [-0.1, -0.05) is 45.4 Å². The quantitative estimate of drug-likeness (QED) is 0.745. The Kier molecular flexibility index (Phi) is 6.71. The van der Waals surface area contributed by atoms with Crippen LogP contribution in [-0.2, 0) is 6.42 Å². The molecule has 0 spiro atoms. The Balaban J connectivity index is 2.52. The van der Waals surface area contributed by atoms with Gasteiger partial charge in [-0.15, -0.1) is 0 Å². The van der Waals surface area contributed by atoms with E-state index in [2.05, 4.69) is 44.3 Å². The van der Waals surface area contributed by atoms with Gasteiger partial charge in [0.25, 0.3) is 0 Å². The Morgan fingerprint density at radius 2 is 1.94 bits per heavy atom. The number of hydrogen-bond donors (Lipinski definition) is 1. The van der Waals surface area contributed by atoms with Gasteiger partial charge in [-0.2, -0.15) is 0 Å². The highest BCUT2D eigenvalue weighted by Gasteiger charge is 2.08. The zero-order chi connectivity index (χ0) is 12.5.